The lowest BCUT2D eigenvalue weighted by atomic mass is 9.95. The van der Waals surface area contributed by atoms with Crippen LogP contribution in [0.25, 0.3) is 5.76 Å². The highest BCUT2D eigenvalue weighted by atomic mass is 35.5. The van der Waals surface area contributed by atoms with Crippen LogP contribution in [0.2, 0.25) is 5.02 Å². The summed E-state index contributed by atoms with van der Waals surface area (Å²) in [6.07, 6.45) is 0. The molecule has 0 saturated carbocycles. The van der Waals surface area contributed by atoms with Crippen molar-refractivity contribution in [2.75, 3.05) is 34.3 Å². The molecule has 0 bridgehead atoms. The van der Waals surface area contributed by atoms with Crippen LogP contribution in [0.1, 0.15) is 22.7 Å². The van der Waals surface area contributed by atoms with E-state index in [1.165, 1.54) is 12.0 Å². The normalized spacial score (nSPS) is 16.9. The van der Waals surface area contributed by atoms with Gasteiger partial charge in [0.1, 0.15) is 12.4 Å². The molecule has 1 atom stereocenters. The van der Waals surface area contributed by atoms with E-state index in [1.54, 1.807) is 42.5 Å². The second-order valence-corrected chi connectivity index (χ2v) is 9.42. The number of benzene rings is 3. The van der Waals surface area contributed by atoms with Crippen LogP contribution in [0.5, 0.6) is 11.5 Å². The summed E-state index contributed by atoms with van der Waals surface area (Å²) >= 11 is 6.00. The predicted molar refractivity (Wildman–Crippen MR) is 143 cm³/mol. The Balaban J connectivity index is 1.75. The third-order valence-corrected chi connectivity index (χ3v) is 6.44. The maximum atomic E-state index is 13.2. The molecule has 1 saturated heterocycles. The standard InChI is InChI=1S/C29H29ClN2O5/c1-31(2)15-16-32-26(25(28(34)29(32)35)27(33)20-9-12-22(30)13-10-20)21-11-14-23(24(17-21)36-3)37-18-19-7-5-4-6-8-19/h4-14,17,26,33H,15-16,18H2,1-3H3. The molecule has 1 amide bonds. The van der Waals surface area contributed by atoms with E-state index in [0.29, 0.717) is 47.3 Å². The minimum absolute atomic E-state index is 0.0195. The van der Waals surface area contributed by atoms with Crippen LogP contribution < -0.4 is 9.47 Å². The Morgan fingerprint density at radius 1 is 1.00 bits per heavy atom. The highest BCUT2D eigenvalue weighted by Gasteiger charge is 2.46. The number of rotatable bonds is 9. The molecule has 4 rings (SSSR count). The maximum absolute atomic E-state index is 13.2. The topological polar surface area (TPSA) is 79.3 Å². The van der Waals surface area contributed by atoms with Crippen LogP contribution >= 0.6 is 11.6 Å². The fourth-order valence-electron chi connectivity index (χ4n) is 4.24. The summed E-state index contributed by atoms with van der Waals surface area (Å²) in [5.41, 5.74) is 2.05. The molecule has 1 fully saturated rings. The van der Waals surface area contributed by atoms with Crippen LogP contribution in [-0.2, 0) is 16.2 Å². The number of ether oxygens (including phenoxy) is 2. The number of nitrogens with zero attached hydrogens (tertiary/aromatic N) is 2. The molecule has 0 aliphatic carbocycles. The first kappa shape index (κ1) is 26.3. The van der Waals surface area contributed by atoms with Crippen molar-refractivity contribution < 1.29 is 24.2 Å². The minimum atomic E-state index is -0.798. The molecule has 0 aromatic heterocycles. The number of carbonyl (C=O) groups is 2. The molecule has 1 N–H and O–H groups in total. The van der Waals surface area contributed by atoms with E-state index in [-0.39, 0.29) is 11.3 Å². The number of aliphatic hydroxyl groups excluding tert-OH is 1. The third kappa shape index (κ3) is 5.79. The van der Waals surface area contributed by atoms with E-state index < -0.39 is 17.7 Å². The summed E-state index contributed by atoms with van der Waals surface area (Å²) in [6.45, 7) is 1.20. The third-order valence-electron chi connectivity index (χ3n) is 6.19. The summed E-state index contributed by atoms with van der Waals surface area (Å²) in [5.74, 6) is -0.669. The Kier molecular flexibility index (Phi) is 8.16. The number of likely N-dealkylation sites (N-methyl/N-ethyl adjacent to an activating group) is 1. The summed E-state index contributed by atoms with van der Waals surface area (Å²) in [4.78, 5) is 29.7. The molecule has 1 heterocycles. The number of methoxy groups -OCH3 is 1. The van der Waals surface area contributed by atoms with E-state index in [1.807, 2.05) is 49.3 Å². The molecule has 0 spiro atoms. The summed E-state index contributed by atoms with van der Waals surface area (Å²) in [7, 11) is 5.31. The Bertz CT molecular complexity index is 1310. The number of Topliss-reactive ketones (excluding diaryl/α,β-unsaturated/α-hetero) is 1. The molecule has 1 aliphatic rings. The van der Waals surface area contributed by atoms with Gasteiger partial charge in [-0.3, -0.25) is 9.59 Å². The fraction of sp³-hybridized carbons (Fsp3) is 0.241. The first-order valence-corrected chi connectivity index (χ1v) is 12.2. The van der Waals surface area contributed by atoms with E-state index in [0.717, 1.165) is 5.56 Å². The van der Waals surface area contributed by atoms with Crippen molar-refractivity contribution in [2.45, 2.75) is 12.6 Å². The Hall–Kier alpha value is -3.81. The molecule has 192 valence electrons. The summed E-state index contributed by atoms with van der Waals surface area (Å²) < 4.78 is 11.6. The van der Waals surface area contributed by atoms with E-state index in [4.69, 9.17) is 21.1 Å². The summed E-state index contributed by atoms with van der Waals surface area (Å²) in [6, 6.07) is 20.7. The number of hydrogen-bond acceptors (Lipinski definition) is 6. The highest BCUT2D eigenvalue weighted by Crippen LogP contribution is 2.42. The largest absolute Gasteiger partial charge is 0.507 e. The van der Waals surface area contributed by atoms with Gasteiger partial charge in [-0.25, -0.2) is 0 Å². The SMILES string of the molecule is COc1cc(C2C(=C(O)c3ccc(Cl)cc3)C(=O)C(=O)N2CCN(C)C)ccc1OCc1ccccc1. The number of carbonyl (C=O) groups excluding carboxylic acids is 2. The van der Waals surface area contributed by atoms with Gasteiger partial charge in [0.25, 0.3) is 11.7 Å². The van der Waals surface area contributed by atoms with Crippen molar-refractivity contribution in [3.8, 4) is 11.5 Å². The van der Waals surface area contributed by atoms with Crippen LogP contribution in [0.3, 0.4) is 0 Å². The van der Waals surface area contributed by atoms with Crippen molar-refractivity contribution in [3.63, 3.8) is 0 Å². The Morgan fingerprint density at radius 2 is 1.70 bits per heavy atom. The number of hydrogen-bond donors (Lipinski definition) is 1. The van der Waals surface area contributed by atoms with Crippen molar-refractivity contribution in [3.05, 3.63) is 100 Å². The first-order valence-electron chi connectivity index (χ1n) is 11.8. The molecule has 1 aliphatic heterocycles. The average Bonchev–Trinajstić information content (AvgIpc) is 3.16. The lowest BCUT2D eigenvalue weighted by Gasteiger charge is -2.27. The minimum Gasteiger partial charge on any atom is -0.507 e. The molecule has 3 aromatic carbocycles. The Morgan fingerprint density at radius 3 is 2.35 bits per heavy atom. The lowest BCUT2D eigenvalue weighted by Crippen LogP contribution is -2.35. The van der Waals surface area contributed by atoms with Crippen molar-refractivity contribution in [1.29, 1.82) is 0 Å². The smallest absolute Gasteiger partial charge is 0.295 e. The van der Waals surface area contributed by atoms with Gasteiger partial charge in [0, 0.05) is 23.7 Å². The van der Waals surface area contributed by atoms with Gasteiger partial charge < -0.3 is 24.4 Å². The molecule has 1 unspecified atom stereocenters. The van der Waals surface area contributed by atoms with Gasteiger partial charge in [-0.2, -0.15) is 0 Å². The maximum Gasteiger partial charge on any atom is 0.295 e. The second kappa shape index (κ2) is 11.5. The number of amides is 1. The number of aliphatic hydroxyl groups is 1. The van der Waals surface area contributed by atoms with Crippen molar-refractivity contribution in [1.82, 2.24) is 9.80 Å². The van der Waals surface area contributed by atoms with Gasteiger partial charge in [0.2, 0.25) is 0 Å². The second-order valence-electron chi connectivity index (χ2n) is 8.99. The molecule has 0 radical (unpaired) electrons. The zero-order valence-electron chi connectivity index (χ0n) is 21.0. The zero-order valence-corrected chi connectivity index (χ0v) is 21.7. The molecule has 37 heavy (non-hydrogen) atoms. The number of halogens is 1. The van der Waals surface area contributed by atoms with Gasteiger partial charge in [0.15, 0.2) is 11.5 Å². The van der Waals surface area contributed by atoms with Crippen LogP contribution in [0.15, 0.2) is 78.4 Å². The van der Waals surface area contributed by atoms with Crippen molar-refractivity contribution >= 4 is 29.1 Å². The molecule has 3 aromatic rings. The molecule has 7 nitrogen and oxygen atoms in total. The van der Waals surface area contributed by atoms with Crippen LogP contribution in [-0.4, -0.2) is 60.9 Å². The van der Waals surface area contributed by atoms with Gasteiger partial charge >= 0.3 is 0 Å². The molecule has 8 heteroatoms. The van der Waals surface area contributed by atoms with Gasteiger partial charge in [-0.15, -0.1) is 0 Å². The van der Waals surface area contributed by atoms with E-state index in [9.17, 15) is 14.7 Å². The van der Waals surface area contributed by atoms with Gasteiger partial charge in [-0.1, -0.05) is 48.0 Å². The quantitative estimate of drug-likeness (QED) is 0.245. The van der Waals surface area contributed by atoms with Gasteiger partial charge in [-0.05, 0) is 61.6 Å². The van der Waals surface area contributed by atoms with Gasteiger partial charge in [0.05, 0.1) is 18.7 Å². The van der Waals surface area contributed by atoms with E-state index >= 15 is 0 Å². The molecular formula is C29H29ClN2O5. The number of likely N-dealkylation sites (tertiary alicyclic amines) is 1. The monoisotopic (exact) mass is 520 g/mol. The van der Waals surface area contributed by atoms with Crippen LogP contribution in [0.4, 0.5) is 0 Å². The Labute approximate surface area is 221 Å². The molecular weight excluding hydrogens is 492 g/mol. The predicted octanol–water partition coefficient (Wildman–Crippen LogP) is 4.91. The zero-order chi connectivity index (χ0) is 26.5. The highest BCUT2D eigenvalue weighted by molar-refractivity contribution is 6.46. The van der Waals surface area contributed by atoms with E-state index in [2.05, 4.69) is 0 Å². The number of ketones is 1. The first-order chi connectivity index (χ1) is 17.8. The summed E-state index contributed by atoms with van der Waals surface area (Å²) in [5, 5.41) is 11.7. The fourth-order valence-corrected chi connectivity index (χ4v) is 4.36. The van der Waals surface area contributed by atoms with Crippen molar-refractivity contribution in [2.24, 2.45) is 0 Å². The lowest BCUT2D eigenvalue weighted by molar-refractivity contribution is -0.140. The van der Waals surface area contributed by atoms with Crippen LogP contribution in [0, 0.1) is 0 Å². The average molecular weight is 521 g/mol.